The van der Waals surface area contributed by atoms with Crippen LogP contribution >= 0.6 is 11.3 Å². The summed E-state index contributed by atoms with van der Waals surface area (Å²) < 4.78 is 1.18. The molecule has 0 amide bonds. The maximum Gasteiger partial charge on any atom is 0.160 e. The molecule has 2 aromatic rings. The molecular formula is C13H12OS. The second-order valence-corrected chi connectivity index (χ2v) is 4.78. The Balaban J connectivity index is 2.66. The summed E-state index contributed by atoms with van der Waals surface area (Å²) in [6.45, 7) is 5.89. The van der Waals surface area contributed by atoms with E-state index in [1.165, 1.54) is 10.1 Å². The highest BCUT2D eigenvalue weighted by atomic mass is 32.1. The maximum absolute atomic E-state index is 11.0. The number of benzene rings is 1. The zero-order valence-corrected chi connectivity index (χ0v) is 9.43. The average Bonchev–Trinajstić information content (AvgIpc) is 2.56. The molecule has 1 aromatic carbocycles. The van der Waals surface area contributed by atoms with Crippen LogP contribution in [0.25, 0.3) is 10.1 Å². The first-order valence-electron chi connectivity index (χ1n) is 4.82. The van der Waals surface area contributed by atoms with E-state index in [0.29, 0.717) is 0 Å². The molecule has 0 bridgehead atoms. The first kappa shape index (κ1) is 10.1. The Bertz CT molecular complexity index is 522. The van der Waals surface area contributed by atoms with Gasteiger partial charge in [-0.15, -0.1) is 11.3 Å². The summed E-state index contributed by atoms with van der Waals surface area (Å²) in [5.74, 6) is 0. The van der Waals surface area contributed by atoms with Gasteiger partial charge in [0.2, 0.25) is 0 Å². The minimum absolute atomic E-state index is 0.790. The van der Waals surface area contributed by atoms with Crippen molar-refractivity contribution in [3.63, 3.8) is 0 Å². The van der Waals surface area contributed by atoms with Crippen LogP contribution in [0.15, 0.2) is 36.4 Å². The van der Waals surface area contributed by atoms with E-state index in [2.05, 4.69) is 18.7 Å². The van der Waals surface area contributed by atoms with Gasteiger partial charge < -0.3 is 0 Å². The molecule has 1 aromatic heterocycles. The number of carbonyl (C=O) groups is 1. The van der Waals surface area contributed by atoms with Crippen LogP contribution in [0.4, 0.5) is 0 Å². The maximum atomic E-state index is 11.0. The highest BCUT2D eigenvalue weighted by Crippen LogP contribution is 2.31. The number of fused-ring (bicyclic) bond motifs is 1. The average molecular weight is 216 g/mol. The van der Waals surface area contributed by atoms with Crippen molar-refractivity contribution in [1.82, 2.24) is 0 Å². The zero-order chi connectivity index (χ0) is 10.8. The van der Waals surface area contributed by atoms with Crippen molar-refractivity contribution >= 4 is 27.7 Å². The molecule has 15 heavy (non-hydrogen) atoms. The third kappa shape index (κ3) is 1.85. The third-order valence-electron chi connectivity index (χ3n) is 2.32. The van der Waals surface area contributed by atoms with Crippen molar-refractivity contribution in [2.24, 2.45) is 0 Å². The minimum Gasteiger partial charge on any atom is -0.297 e. The Morgan fingerprint density at radius 2 is 2.20 bits per heavy atom. The first-order valence-corrected chi connectivity index (χ1v) is 5.64. The number of allylic oxidation sites excluding steroid dienone is 1. The molecule has 0 spiro atoms. The molecule has 0 aliphatic carbocycles. The lowest BCUT2D eigenvalue weighted by atomic mass is 10.0. The second kappa shape index (κ2) is 3.99. The summed E-state index contributed by atoms with van der Waals surface area (Å²) in [5.41, 5.74) is 2.21. The van der Waals surface area contributed by atoms with Gasteiger partial charge in [0.25, 0.3) is 0 Å². The van der Waals surface area contributed by atoms with Crippen LogP contribution in [0.5, 0.6) is 0 Å². The van der Waals surface area contributed by atoms with Crippen LogP contribution in [0, 0.1) is 0 Å². The molecule has 1 heterocycles. The Morgan fingerprint density at radius 1 is 1.47 bits per heavy atom. The van der Waals surface area contributed by atoms with E-state index in [1.54, 1.807) is 11.3 Å². The van der Waals surface area contributed by atoms with Gasteiger partial charge in [-0.25, -0.2) is 0 Å². The Morgan fingerprint density at radius 3 is 2.87 bits per heavy atom. The molecule has 0 aliphatic heterocycles. The topological polar surface area (TPSA) is 17.1 Å². The van der Waals surface area contributed by atoms with Gasteiger partial charge in [-0.2, -0.15) is 0 Å². The summed E-state index contributed by atoms with van der Waals surface area (Å²) in [5, 5.41) is 1.19. The molecular weight excluding hydrogens is 204 g/mol. The van der Waals surface area contributed by atoms with Crippen LogP contribution in [0.1, 0.15) is 22.2 Å². The standard InChI is InChI=1S/C13H12OS/c1-9(2)7-11-10-5-3-4-6-12(10)15-13(11)8-14/h3-6,8H,1,7H2,2H3. The lowest BCUT2D eigenvalue weighted by Gasteiger charge is -1.99. The first-order chi connectivity index (χ1) is 7.22. The monoisotopic (exact) mass is 216 g/mol. The predicted molar refractivity (Wildman–Crippen MR) is 65.7 cm³/mol. The molecule has 1 nitrogen and oxygen atoms in total. The van der Waals surface area contributed by atoms with Crippen molar-refractivity contribution in [3.8, 4) is 0 Å². The van der Waals surface area contributed by atoms with E-state index in [-0.39, 0.29) is 0 Å². The van der Waals surface area contributed by atoms with E-state index in [0.717, 1.165) is 28.7 Å². The van der Waals surface area contributed by atoms with E-state index in [1.807, 2.05) is 19.1 Å². The highest BCUT2D eigenvalue weighted by molar-refractivity contribution is 7.20. The Kier molecular flexibility index (Phi) is 2.69. The normalized spacial score (nSPS) is 10.5. The lowest BCUT2D eigenvalue weighted by molar-refractivity contribution is 0.112. The van der Waals surface area contributed by atoms with Gasteiger partial charge >= 0.3 is 0 Å². The molecule has 76 valence electrons. The molecule has 2 rings (SSSR count). The molecule has 0 aliphatic rings. The van der Waals surface area contributed by atoms with E-state index in [4.69, 9.17) is 0 Å². The quantitative estimate of drug-likeness (QED) is 0.563. The summed E-state index contributed by atoms with van der Waals surface area (Å²) >= 11 is 1.56. The highest BCUT2D eigenvalue weighted by Gasteiger charge is 2.10. The lowest BCUT2D eigenvalue weighted by Crippen LogP contribution is -1.88. The molecule has 2 heteroatoms. The van der Waals surface area contributed by atoms with Gasteiger partial charge in [0.15, 0.2) is 6.29 Å². The molecule has 0 atom stereocenters. The van der Waals surface area contributed by atoms with Gasteiger partial charge in [0.1, 0.15) is 0 Å². The second-order valence-electron chi connectivity index (χ2n) is 3.69. The number of hydrogen-bond donors (Lipinski definition) is 0. The number of aldehydes is 1. The Labute approximate surface area is 93.1 Å². The minimum atomic E-state index is 0.790. The van der Waals surface area contributed by atoms with Crippen LogP contribution in [-0.4, -0.2) is 6.29 Å². The fourth-order valence-corrected chi connectivity index (χ4v) is 2.74. The van der Waals surface area contributed by atoms with Gasteiger partial charge in [-0.05, 0) is 30.4 Å². The fourth-order valence-electron chi connectivity index (χ4n) is 1.70. The van der Waals surface area contributed by atoms with E-state index < -0.39 is 0 Å². The number of thiophene rings is 1. The van der Waals surface area contributed by atoms with Gasteiger partial charge in [0, 0.05) is 4.70 Å². The van der Waals surface area contributed by atoms with Crippen molar-refractivity contribution < 1.29 is 4.79 Å². The van der Waals surface area contributed by atoms with E-state index >= 15 is 0 Å². The summed E-state index contributed by atoms with van der Waals surface area (Å²) in [6, 6.07) is 8.12. The smallest absolute Gasteiger partial charge is 0.160 e. The summed E-state index contributed by atoms with van der Waals surface area (Å²) in [6.07, 6.45) is 1.74. The van der Waals surface area contributed by atoms with Crippen LogP contribution in [-0.2, 0) is 6.42 Å². The Hall–Kier alpha value is -1.41. The van der Waals surface area contributed by atoms with Crippen LogP contribution < -0.4 is 0 Å². The SMILES string of the molecule is C=C(C)Cc1c(C=O)sc2ccccc12. The molecule has 0 fully saturated rings. The van der Waals surface area contributed by atoms with E-state index in [9.17, 15) is 4.79 Å². The number of hydrogen-bond acceptors (Lipinski definition) is 2. The van der Waals surface area contributed by atoms with Crippen molar-refractivity contribution in [3.05, 3.63) is 46.9 Å². The summed E-state index contributed by atoms with van der Waals surface area (Å²) in [4.78, 5) is 11.8. The molecule has 0 saturated carbocycles. The van der Waals surface area contributed by atoms with Crippen LogP contribution in [0.3, 0.4) is 0 Å². The fraction of sp³-hybridized carbons (Fsp3) is 0.154. The van der Waals surface area contributed by atoms with Crippen molar-refractivity contribution in [2.75, 3.05) is 0 Å². The van der Waals surface area contributed by atoms with Gasteiger partial charge in [0.05, 0.1) is 4.88 Å². The largest absolute Gasteiger partial charge is 0.297 e. The molecule has 0 N–H and O–H groups in total. The predicted octanol–water partition coefficient (Wildman–Crippen LogP) is 3.83. The molecule has 0 radical (unpaired) electrons. The summed E-state index contributed by atoms with van der Waals surface area (Å²) in [7, 11) is 0. The number of carbonyl (C=O) groups excluding carboxylic acids is 1. The third-order valence-corrected chi connectivity index (χ3v) is 3.45. The van der Waals surface area contributed by atoms with Crippen LogP contribution in [0.2, 0.25) is 0 Å². The molecule has 0 unspecified atom stereocenters. The van der Waals surface area contributed by atoms with Crippen molar-refractivity contribution in [1.29, 1.82) is 0 Å². The molecule has 0 saturated heterocycles. The van der Waals surface area contributed by atoms with Gasteiger partial charge in [-0.1, -0.05) is 30.4 Å². The number of rotatable bonds is 3. The zero-order valence-electron chi connectivity index (χ0n) is 8.62. The van der Waals surface area contributed by atoms with Crippen molar-refractivity contribution in [2.45, 2.75) is 13.3 Å². The van der Waals surface area contributed by atoms with Gasteiger partial charge in [-0.3, -0.25) is 4.79 Å².